The van der Waals surface area contributed by atoms with Crippen molar-refractivity contribution in [2.75, 3.05) is 33.8 Å². The summed E-state index contributed by atoms with van der Waals surface area (Å²) in [7, 11) is 4.18. The highest BCUT2D eigenvalue weighted by Gasteiger charge is 2.11. The van der Waals surface area contributed by atoms with Gasteiger partial charge in [0.2, 0.25) is 0 Å². The fourth-order valence-electron chi connectivity index (χ4n) is 2.42. The number of benzene rings is 1. The van der Waals surface area contributed by atoms with Gasteiger partial charge in [-0.15, -0.1) is 0 Å². The van der Waals surface area contributed by atoms with E-state index in [4.69, 9.17) is 15.5 Å². The van der Waals surface area contributed by atoms with Gasteiger partial charge in [0, 0.05) is 25.6 Å². The van der Waals surface area contributed by atoms with Gasteiger partial charge < -0.3 is 19.9 Å². The Labute approximate surface area is 126 Å². The van der Waals surface area contributed by atoms with Gasteiger partial charge in [0.25, 0.3) is 0 Å². The van der Waals surface area contributed by atoms with Crippen molar-refractivity contribution in [2.24, 2.45) is 5.73 Å². The lowest BCUT2D eigenvalue weighted by atomic mass is 10.3. The van der Waals surface area contributed by atoms with Gasteiger partial charge in [-0.1, -0.05) is 0 Å². The van der Waals surface area contributed by atoms with Crippen LogP contribution in [0.15, 0.2) is 18.2 Å². The van der Waals surface area contributed by atoms with Crippen LogP contribution in [0.25, 0.3) is 11.0 Å². The second kappa shape index (κ2) is 7.43. The summed E-state index contributed by atoms with van der Waals surface area (Å²) >= 11 is 0. The first kappa shape index (κ1) is 15.8. The Kier molecular flexibility index (Phi) is 5.59. The first-order chi connectivity index (χ1) is 10.2. The second-order valence-corrected chi connectivity index (χ2v) is 5.46. The van der Waals surface area contributed by atoms with Crippen LogP contribution in [0.5, 0.6) is 5.75 Å². The summed E-state index contributed by atoms with van der Waals surface area (Å²) < 4.78 is 7.87. The number of ether oxygens (including phenoxy) is 1. The second-order valence-electron chi connectivity index (χ2n) is 5.46. The van der Waals surface area contributed by atoms with Crippen molar-refractivity contribution in [1.29, 1.82) is 0 Å². The number of nitrogens with two attached hydrogens (primary N) is 1. The number of nitrogens with zero attached hydrogens (tertiary/aromatic N) is 3. The predicted octanol–water partition coefficient (Wildman–Crippen LogP) is 1.89. The number of rotatable bonds is 8. The van der Waals surface area contributed by atoms with E-state index >= 15 is 0 Å². The van der Waals surface area contributed by atoms with E-state index in [1.165, 1.54) is 5.52 Å². The molecule has 5 nitrogen and oxygen atoms in total. The van der Waals surface area contributed by atoms with Crippen molar-refractivity contribution in [3.8, 4) is 5.75 Å². The smallest absolute Gasteiger partial charge is 0.121 e. The van der Waals surface area contributed by atoms with Gasteiger partial charge in [-0.3, -0.25) is 0 Å². The molecule has 2 N–H and O–H groups in total. The zero-order valence-electron chi connectivity index (χ0n) is 13.3. The van der Waals surface area contributed by atoms with E-state index in [9.17, 15) is 0 Å². The largest absolute Gasteiger partial charge is 0.494 e. The molecule has 0 atom stereocenters. The molecule has 0 spiro atoms. The number of fused-ring (bicyclic) bond motifs is 1. The SMILES string of the molecule is CCOc1ccc2c(c1)nc(CCCN)n2CCN(C)C. The van der Waals surface area contributed by atoms with E-state index in [2.05, 4.69) is 29.6 Å². The lowest BCUT2D eigenvalue weighted by Gasteiger charge is -2.13. The molecule has 1 aromatic carbocycles. The molecule has 0 aliphatic heterocycles. The van der Waals surface area contributed by atoms with Gasteiger partial charge in [0.1, 0.15) is 11.6 Å². The molecule has 2 aromatic rings. The van der Waals surface area contributed by atoms with Crippen molar-refractivity contribution in [3.63, 3.8) is 0 Å². The summed E-state index contributed by atoms with van der Waals surface area (Å²) in [5.74, 6) is 2.00. The molecule has 2 rings (SSSR count). The van der Waals surface area contributed by atoms with Crippen LogP contribution in [0.1, 0.15) is 19.2 Å². The van der Waals surface area contributed by atoms with E-state index in [0.717, 1.165) is 43.0 Å². The summed E-state index contributed by atoms with van der Waals surface area (Å²) in [5.41, 5.74) is 7.82. The van der Waals surface area contributed by atoms with Crippen molar-refractivity contribution in [2.45, 2.75) is 26.3 Å². The van der Waals surface area contributed by atoms with Crippen LogP contribution in [0.2, 0.25) is 0 Å². The van der Waals surface area contributed by atoms with E-state index in [-0.39, 0.29) is 0 Å². The summed E-state index contributed by atoms with van der Waals surface area (Å²) in [6.07, 6.45) is 1.88. The molecule has 1 aromatic heterocycles. The van der Waals surface area contributed by atoms with Crippen LogP contribution in [-0.4, -0.2) is 48.2 Å². The first-order valence-corrected chi connectivity index (χ1v) is 7.62. The number of hydrogen-bond donors (Lipinski definition) is 1. The van der Waals surface area contributed by atoms with E-state index in [1.54, 1.807) is 0 Å². The van der Waals surface area contributed by atoms with Gasteiger partial charge in [-0.05, 0) is 46.1 Å². The molecule has 1 heterocycles. The normalized spacial score (nSPS) is 11.5. The van der Waals surface area contributed by atoms with Crippen molar-refractivity contribution in [1.82, 2.24) is 14.5 Å². The van der Waals surface area contributed by atoms with Crippen LogP contribution in [0.3, 0.4) is 0 Å². The molecule has 0 unspecified atom stereocenters. The molecular formula is C16H26N4O. The Morgan fingerprint density at radius 2 is 2.14 bits per heavy atom. The van der Waals surface area contributed by atoms with E-state index < -0.39 is 0 Å². The summed E-state index contributed by atoms with van der Waals surface area (Å²) in [6.45, 7) is 5.30. The van der Waals surface area contributed by atoms with Gasteiger partial charge in [-0.2, -0.15) is 0 Å². The Morgan fingerprint density at radius 3 is 2.81 bits per heavy atom. The fraction of sp³-hybridized carbons (Fsp3) is 0.562. The summed E-state index contributed by atoms with van der Waals surface area (Å²) in [6, 6.07) is 6.15. The standard InChI is InChI=1S/C16H26N4O/c1-4-21-13-7-8-15-14(12-13)18-16(6-5-9-17)20(15)11-10-19(2)3/h7-8,12H,4-6,9-11,17H2,1-3H3. The van der Waals surface area contributed by atoms with Gasteiger partial charge in [0.05, 0.1) is 17.6 Å². The molecule has 21 heavy (non-hydrogen) atoms. The first-order valence-electron chi connectivity index (χ1n) is 7.62. The Bertz CT molecular complexity index is 577. The molecule has 0 radical (unpaired) electrons. The topological polar surface area (TPSA) is 56.3 Å². The molecule has 0 amide bonds. The molecule has 0 saturated heterocycles. The highest BCUT2D eigenvalue weighted by atomic mass is 16.5. The molecule has 116 valence electrons. The van der Waals surface area contributed by atoms with Crippen LogP contribution >= 0.6 is 0 Å². The zero-order valence-corrected chi connectivity index (χ0v) is 13.3. The minimum absolute atomic E-state index is 0.673. The molecule has 0 saturated carbocycles. The lowest BCUT2D eigenvalue weighted by Crippen LogP contribution is -2.19. The highest BCUT2D eigenvalue weighted by molar-refractivity contribution is 5.77. The number of aromatic nitrogens is 2. The van der Waals surface area contributed by atoms with E-state index in [0.29, 0.717) is 13.2 Å². The van der Waals surface area contributed by atoms with Crippen LogP contribution in [0, 0.1) is 0 Å². The van der Waals surface area contributed by atoms with Crippen LogP contribution in [-0.2, 0) is 13.0 Å². The average molecular weight is 290 g/mol. The monoisotopic (exact) mass is 290 g/mol. The third kappa shape index (κ3) is 3.95. The quantitative estimate of drug-likeness (QED) is 0.806. The van der Waals surface area contributed by atoms with Crippen molar-refractivity contribution < 1.29 is 4.74 Å². The maximum Gasteiger partial charge on any atom is 0.121 e. The van der Waals surface area contributed by atoms with Crippen LogP contribution < -0.4 is 10.5 Å². The number of imidazole rings is 1. The summed E-state index contributed by atoms with van der Waals surface area (Å²) in [4.78, 5) is 6.97. The van der Waals surface area contributed by atoms with Gasteiger partial charge in [-0.25, -0.2) is 4.98 Å². The van der Waals surface area contributed by atoms with Crippen molar-refractivity contribution in [3.05, 3.63) is 24.0 Å². The maximum absolute atomic E-state index is 5.64. The van der Waals surface area contributed by atoms with Gasteiger partial charge >= 0.3 is 0 Å². The van der Waals surface area contributed by atoms with Crippen molar-refractivity contribution >= 4 is 11.0 Å². The van der Waals surface area contributed by atoms with Gasteiger partial charge in [0.15, 0.2) is 0 Å². The lowest BCUT2D eigenvalue weighted by molar-refractivity contribution is 0.340. The molecule has 0 fully saturated rings. The van der Waals surface area contributed by atoms with Crippen LogP contribution in [0.4, 0.5) is 0 Å². The Morgan fingerprint density at radius 1 is 1.33 bits per heavy atom. The molecule has 0 aliphatic carbocycles. The molecular weight excluding hydrogens is 264 g/mol. The third-order valence-corrected chi connectivity index (χ3v) is 3.49. The minimum Gasteiger partial charge on any atom is -0.494 e. The minimum atomic E-state index is 0.673. The summed E-state index contributed by atoms with van der Waals surface area (Å²) in [5, 5.41) is 0. The Hall–Kier alpha value is -1.59. The molecule has 5 heteroatoms. The van der Waals surface area contributed by atoms with E-state index in [1.807, 2.05) is 19.1 Å². The molecule has 0 bridgehead atoms. The Balaban J connectivity index is 2.34. The number of aryl methyl sites for hydroxylation is 1. The molecule has 0 aliphatic rings. The number of likely N-dealkylation sites (N-methyl/N-ethyl adjacent to an activating group) is 1. The maximum atomic E-state index is 5.64. The third-order valence-electron chi connectivity index (χ3n) is 3.49. The highest BCUT2D eigenvalue weighted by Crippen LogP contribution is 2.22. The number of hydrogen-bond acceptors (Lipinski definition) is 4. The fourth-order valence-corrected chi connectivity index (χ4v) is 2.42. The zero-order chi connectivity index (χ0) is 15.2. The predicted molar refractivity (Wildman–Crippen MR) is 86.8 cm³/mol. The average Bonchev–Trinajstić information content (AvgIpc) is 2.80.